The number of hydrogen-bond donors (Lipinski definition) is 1. The van der Waals surface area contributed by atoms with Crippen LogP contribution in [0.15, 0.2) is 41.3 Å². The van der Waals surface area contributed by atoms with Crippen LogP contribution in [0.3, 0.4) is 0 Å². The molecule has 0 bridgehead atoms. The largest absolute Gasteiger partial charge is 0.497 e. The topological polar surface area (TPSA) is 80.2 Å². The summed E-state index contributed by atoms with van der Waals surface area (Å²) in [4.78, 5) is 33.7. The standard InChI is InChI=1S/C19H22N4O3/c1-4-23(19(25)13-5-8-18(24)22(2)12-13)10-9-17-20-15-7-6-14(26-3)11-16(15)21-17/h5-8,11-12H,4,9-10H2,1-3H3,(H,20,21). The molecule has 26 heavy (non-hydrogen) atoms. The first kappa shape index (κ1) is 17.7. The predicted molar refractivity (Wildman–Crippen MR) is 99.6 cm³/mol. The Balaban J connectivity index is 1.73. The zero-order chi connectivity index (χ0) is 18.7. The van der Waals surface area contributed by atoms with E-state index in [1.165, 1.54) is 10.6 Å². The molecule has 0 unspecified atom stereocenters. The molecule has 136 valence electrons. The van der Waals surface area contributed by atoms with Crippen molar-refractivity contribution in [1.82, 2.24) is 19.4 Å². The molecule has 0 saturated carbocycles. The molecular weight excluding hydrogens is 332 g/mol. The average Bonchev–Trinajstić information content (AvgIpc) is 3.06. The number of carbonyl (C=O) groups is 1. The molecule has 0 atom stereocenters. The molecule has 1 amide bonds. The Kier molecular flexibility index (Phi) is 5.06. The highest BCUT2D eigenvalue weighted by molar-refractivity contribution is 5.93. The minimum absolute atomic E-state index is 0.0964. The van der Waals surface area contributed by atoms with E-state index in [0.29, 0.717) is 25.1 Å². The second kappa shape index (κ2) is 7.43. The van der Waals surface area contributed by atoms with E-state index < -0.39 is 0 Å². The van der Waals surface area contributed by atoms with Gasteiger partial charge in [0.1, 0.15) is 11.6 Å². The minimum Gasteiger partial charge on any atom is -0.497 e. The maximum Gasteiger partial charge on any atom is 0.255 e. The van der Waals surface area contributed by atoms with Gasteiger partial charge in [0.2, 0.25) is 5.56 Å². The Morgan fingerprint density at radius 1 is 1.31 bits per heavy atom. The first-order chi connectivity index (χ1) is 12.5. The number of rotatable bonds is 6. The highest BCUT2D eigenvalue weighted by atomic mass is 16.5. The van der Waals surface area contributed by atoms with Gasteiger partial charge in [-0.15, -0.1) is 0 Å². The van der Waals surface area contributed by atoms with Gasteiger partial charge in [0.15, 0.2) is 0 Å². The molecule has 1 N–H and O–H groups in total. The Morgan fingerprint density at radius 3 is 2.81 bits per heavy atom. The third-order valence-electron chi connectivity index (χ3n) is 4.36. The predicted octanol–water partition coefficient (Wildman–Crippen LogP) is 1.97. The summed E-state index contributed by atoms with van der Waals surface area (Å²) < 4.78 is 6.63. The lowest BCUT2D eigenvalue weighted by atomic mass is 10.2. The van der Waals surface area contributed by atoms with E-state index in [1.807, 2.05) is 25.1 Å². The fourth-order valence-electron chi connectivity index (χ4n) is 2.83. The molecule has 7 heteroatoms. The summed E-state index contributed by atoms with van der Waals surface area (Å²) in [7, 11) is 3.26. The Labute approximate surface area is 151 Å². The van der Waals surface area contributed by atoms with Crippen molar-refractivity contribution in [3.8, 4) is 5.75 Å². The molecule has 3 aromatic rings. The third kappa shape index (κ3) is 3.61. The van der Waals surface area contributed by atoms with Crippen LogP contribution >= 0.6 is 0 Å². The lowest BCUT2D eigenvalue weighted by Gasteiger charge is -2.20. The number of H-pyrrole nitrogens is 1. The Bertz CT molecular complexity index is 990. The van der Waals surface area contributed by atoms with Crippen molar-refractivity contribution in [2.75, 3.05) is 20.2 Å². The van der Waals surface area contributed by atoms with E-state index in [2.05, 4.69) is 9.97 Å². The Hall–Kier alpha value is -3.09. The number of nitrogens with one attached hydrogen (secondary N) is 1. The highest BCUT2D eigenvalue weighted by Crippen LogP contribution is 2.19. The summed E-state index contributed by atoms with van der Waals surface area (Å²) in [5.41, 5.74) is 2.14. The minimum atomic E-state index is -0.137. The lowest BCUT2D eigenvalue weighted by molar-refractivity contribution is 0.0764. The number of benzene rings is 1. The van der Waals surface area contributed by atoms with Crippen LogP contribution in [0, 0.1) is 0 Å². The van der Waals surface area contributed by atoms with Crippen LogP contribution in [0.1, 0.15) is 23.1 Å². The van der Waals surface area contributed by atoms with Crippen LogP contribution in [0.2, 0.25) is 0 Å². The van der Waals surface area contributed by atoms with Gasteiger partial charge < -0.3 is 19.2 Å². The summed E-state index contributed by atoms with van der Waals surface area (Å²) in [6.45, 7) is 3.05. The number of ether oxygens (including phenoxy) is 1. The van der Waals surface area contributed by atoms with Crippen LogP contribution in [0.25, 0.3) is 11.0 Å². The van der Waals surface area contributed by atoms with Crippen molar-refractivity contribution in [2.45, 2.75) is 13.3 Å². The number of aryl methyl sites for hydroxylation is 1. The van der Waals surface area contributed by atoms with E-state index >= 15 is 0 Å². The summed E-state index contributed by atoms with van der Waals surface area (Å²) in [6, 6.07) is 8.66. The van der Waals surface area contributed by atoms with Crippen molar-refractivity contribution in [1.29, 1.82) is 0 Å². The van der Waals surface area contributed by atoms with Gasteiger partial charge in [0.25, 0.3) is 5.91 Å². The molecule has 0 aliphatic heterocycles. The monoisotopic (exact) mass is 354 g/mol. The van der Waals surface area contributed by atoms with Gasteiger partial charge in [-0.1, -0.05) is 0 Å². The molecule has 3 rings (SSSR count). The van der Waals surface area contributed by atoms with Gasteiger partial charge in [-0.25, -0.2) is 4.98 Å². The van der Waals surface area contributed by atoms with Crippen LogP contribution in [-0.4, -0.2) is 45.5 Å². The van der Waals surface area contributed by atoms with Gasteiger partial charge in [0, 0.05) is 44.9 Å². The van der Waals surface area contributed by atoms with E-state index in [0.717, 1.165) is 22.6 Å². The number of carbonyl (C=O) groups excluding carboxylic acids is 1. The number of likely N-dealkylation sites (N-methyl/N-ethyl adjacent to an activating group) is 1. The number of aromatic nitrogens is 3. The summed E-state index contributed by atoms with van der Waals surface area (Å²) in [5, 5.41) is 0. The Morgan fingerprint density at radius 2 is 2.12 bits per heavy atom. The summed E-state index contributed by atoms with van der Waals surface area (Å²) in [6.07, 6.45) is 2.18. The second-order valence-corrected chi connectivity index (χ2v) is 6.07. The zero-order valence-electron chi connectivity index (χ0n) is 15.2. The first-order valence-corrected chi connectivity index (χ1v) is 8.50. The van der Waals surface area contributed by atoms with Crippen molar-refractivity contribution in [3.05, 3.63) is 58.3 Å². The van der Waals surface area contributed by atoms with Crippen LogP contribution < -0.4 is 10.3 Å². The molecular formula is C19H22N4O3. The fraction of sp³-hybridized carbons (Fsp3) is 0.316. The van der Waals surface area contributed by atoms with Crippen molar-refractivity contribution >= 4 is 16.9 Å². The zero-order valence-corrected chi connectivity index (χ0v) is 15.2. The van der Waals surface area contributed by atoms with E-state index in [-0.39, 0.29) is 11.5 Å². The third-order valence-corrected chi connectivity index (χ3v) is 4.36. The SMILES string of the molecule is CCN(CCc1nc2ccc(OC)cc2[nH]1)C(=O)c1ccc(=O)n(C)c1. The van der Waals surface area contributed by atoms with Crippen LogP contribution in [0.4, 0.5) is 0 Å². The van der Waals surface area contributed by atoms with Crippen molar-refractivity contribution in [2.24, 2.45) is 7.05 Å². The molecule has 7 nitrogen and oxygen atoms in total. The van der Waals surface area contributed by atoms with E-state index in [4.69, 9.17) is 4.74 Å². The molecule has 2 aromatic heterocycles. The maximum absolute atomic E-state index is 12.7. The van der Waals surface area contributed by atoms with Gasteiger partial charge in [-0.3, -0.25) is 9.59 Å². The normalized spacial score (nSPS) is 10.9. The lowest BCUT2D eigenvalue weighted by Crippen LogP contribution is -2.33. The number of fused-ring (bicyclic) bond motifs is 1. The quantitative estimate of drug-likeness (QED) is 0.734. The van der Waals surface area contributed by atoms with Crippen LogP contribution in [0.5, 0.6) is 5.75 Å². The van der Waals surface area contributed by atoms with Crippen LogP contribution in [-0.2, 0) is 13.5 Å². The van der Waals surface area contributed by atoms with Crippen molar-refractivity contribution in [3.63, 3.8) is 0 Å². The molecule has 0 aliphatic carbocycles. The number of amides is 1. The molecule has 0 aliphatic rings. The van der Waals surface area contributed by atoms with E-state index in [1.54, 1.807) is 31.3 Å². The summed E-state index contributed by atoms with van der Waals surface area (Å²) in [5.74, 6) is 1.49. The number of imidazole rings is 1. The first-order valence-electron chi connectivity index (χ1n) is 8.50. The van der Waals surface area contributed by atoms with E-state index in [9.17, 15) is 9.59 Å². The molecule has 1 aromatic carbocycles. The average molecular weight is 354 g/mol. The second-order valence-electron chi connectivity index (χ2n) is 6.07. The highest BCUT2D eigenvalue weighted by Gasteiger charge is 2.15. The van der Waals surface area contributed by atoms with Gasteiger partial charge in [0.05, 0.1) is 23.7 Å². The van der Waals surface area contributed by atoms with Gasteiger partial charge >= 0.3 is 0 Å². The van der Waals surface area contributed by atoms with Gasteiger partial charge in [-0.2, -0.15) is 0 Å². The molecule has 2 heterocycles. The maximum atomic E-state index is 12.7. The molecule has 0 saturated heterocycles. The number of pyridine rings is 1. The molecule has 0 spiro atoms. The smallest absolute Gasteiger partial charge is 0.255 e. The van der Waals surface area contributed by atoms with Gasteiger partial charge in [-0.05, 0) is 25.1 Å². The summed E-state index contributed by atoms with van der Waals surface area (Å²) >= 11 is 0. The number of hydrogen-bond acceptors (Lipinski definition) is 4. The number of aromatic amines is 1. The number of methoxy groups -OCH3 is 1. The fourth-order valence-corrected chi connectivity index (χ4v) is 2.83. The molecule has 0 radical (unpaired) electrons. The van der Waals surface area contributed by atoms with Crippen molar-refractivity contribution < 1.29 is 9.53 Å². The number of nitrogens with zero attached hydrogens (tertiary/aromatic N) is 3. The molecule has 0 fully saturated rings.